The monoisotopic (exact) mass is 541 g/mol. The fourth-order valence-corrected chi connectivity index (χ4v) is 4.76. The molecule has 37 heavy (non-hydrogen) atoms. The molecule has 0 spiro atoms. The molecule has 0 aliphatic carbocycles. The molecule has 1 amide bonds. The molecule has 13 heteroatoms. The molecule has 0 saturated heterocycles. The van der Waals surface area contributed by atoms with E-state index in [1.165, 1.54) is 12.1 Å². The lowest BCUT2D eigenvalue weighted by molar-refractivity contribution is -0.137. The highest BCUT2D eigenvalue weighted by atomic mass is 32.2. The van der Waals surface area contributed by atoms with Gasteiger partial charge >= 0.3 is 12.4 Å². The molecule has 0 bridgehead atoms. The third-order valence-electron chi connectivity index (χ3n) is 5.54. The Kier molecular flexibility index (Phi) is 6.76. The molecular weight excluding hydrogens is 524 g/mol. The van der Waals surface area contributed by atoms with Crippen molar-refractivity contribution in [2.45, 2.75) is 29.7 Å². The van der Waals surface area contributed by atoms with Gasteiger partial charge < -0.3 is 0 Å². The summed E-state index contributed by atoms with van der Waals surface area (Å²) in [6, 6.07) is 15.6. The zero-order valence-electron chi connectivity index (χ0n) is 18.6. The molecular formula is C24H17F6N3O3S. The standard InChI is InChI=1S/C24H17F6N3O3S/c25-23(26,27)19-9-5-4-8-18(19)22(34)32-37(35,36)17-12-10-16(11-13-17)33-20(15-6-2-1-3-7-15)14-21(31-33)24(28,29)30/h1-13,20H,14H2,(H,32,34). The lowest BCUT2D eigenvalue weighted by Gasteiger charge is -2.24. The van der Waals surface area contributed by atoms with Gasteiger partial charge in [-0.05, 0) is 42.0 Å². The fraction of sp³-hybridized carbons (Fsp3) is 0.167. The zero-order chi connectivity index (χ0) is 27.0. The van der Waals surface area contributed by atoms with Crippen LogP contribution in [0.25, 0.3) is 0 Å². The van der Waals surface area contributed by atoms with Gasteiger partial charge in [0.1, 0.15) is 5.71 Å². The Morgan fingerprint density at radius 1 is 0.838 bits per heavy atom. The number of carbonyl (C=O) groups is 1. The highest BCUT2D eigenvalue weighted by Gasteiger charge is 2.43. The van der Waals surface area contributed by atoms with Crippen molar-refractivity contribution in [1.82, 2.24) is 4.72 Å². The van der Waals surface area contributed by atoms with Gasteiger partial charge in [0.25, 0.3) is 15.9 Å². The van der Waals surface area contributed by atoms with Gasteiger partial charge in [-0.3, -0.25) is 9.80 Å². The summed E-state index contributed by atoms with van der Waals surface area (Å²) in [6.07, 6.45) is -9.98. The minimum atomic E-state index is -4.89. The number of hydrogen-bond acceptors (Lipinski definition) is 5. The molecule has 1 unspecified atom stereocenters. The van der Waals surface area contributed by atoms with Gasteiger partial charge in [-0.25, -0.2) is 13.1 Å². The van der Waals surface area contributed by atoms with Gasteiger partial charge in [0.15, 0.2) is 0 Å². The molecule has 0 radical (unpaired) electrons. The number of anilines is 1. The summed E-state index contributed by atoms with van der Waals surface area (Å²) >= 11 is 0. The summed E-state index contributed by atoms with van der Waals surface area (Å²) < 4.78 is 107. The summed E-state index contributed by atoms with van der Waals surface area (Å²) in [6.45, 7) is 0. The zero-order valence-corrected chi connectivity index (χ0v) is 19.4. The van der Waals surface area contributed by atoms with E-state index in [9.17, 15) is 39.6 Å². The van der Waals surface area contributed by atoms with Crippen LogP contribution in [-0.2, 0) is 16.2 Å². The Balaban J connectivity index is 1.61. The summed E-state index contributed by atoms with van der Waals surface area (Å²) in [5.74, 6) is -1.49. The van der Waals surface area contributed by atoms with Gasteiger partial charge in [-0.15, -0.1) is 0 Å². The molecule has 1 heterocycles. The minimum absolute atomic E-state index is 0.140. The lowest BCUT2D eigenvalue weighted by atomic mass is 10.0. The van der Waals surface area contributed by atoms with Crippen LogP contribution in [0.3, 0.4) is 0 Å². The first kappa shape index (κ1) is 26.2. The molecule has 4 rings (SSSR count). The smallest absolute Gasteiger partial charge is 0.268 e. The molecule has 0 fully saturated rings. The molecule has 1 atom stereocenters. The second kappa shape index (κ2) is 9.54. The normalized spacial score (nSPS) is 16.4. The molecule has 1 aliphatic rings. The van der Waals surface area contributed by atoms with Crippen LogP contribution in [-0.4, -0.2) is 26.2 Å². The number of hydrazone groups is 1. The van der Waals surface area contributed by atoms with Crippen molar-refractivity contribution in [3.63, 3.8) is 0 Å². The maximum absolute atomic E-state index is 13.4. The largest absolute Gasteiger partial charge is 0.431 e. The number of hydrogen-bond donors (Lipinski definition) is 1. The van der Waals surface area contributed by atoms with E-state index in [1.54, 1.807) is 35.1 Å². The molecule has 1 N–H and O–H groups in total. The van der Waals surface area contributed by atoms with Crippen molar-refractivity contribution in [1.29, 1.82) is 0 Å². The van der Waals surface area contributed by atoms with E-state index in [0.29, 0.717) is 11.6 Å². The van der Waals surface area contributed by atoms with Gasteiger partial charge in [-0.1, -0.05) is 42.5 Å². The Bertz CT molecular complexity index is 1440. The van der Waals surface area contributed by atoms with Crippen LogP contribution in [0, 0.1) is 0 Å². The van der Waals surface area contributed by atoms with E-state index < -0.39 is 62.5 Å². The van der Waals surface area contributed by atoms with Gasteiger partial charge in [-0.2, -0.15) is 31.4 Å². The number of halogens is 6. The highest BCUT2D eigenvalue weighted by molar-refractivity contribution is 7.90. The number of benzene rings is 3. The third kappa shape index (κ3) is 5.61. The van der Waals surface area contributed by atoms with Crippen molar-refractivity contribution in [2.24, 2.45) is 5.10 Å². The van der Waals surface area contributed by atoms with Gasteiger partial charge in [0, 0.05) is 6.42 Å². The van der Waals surface area contributed by atoms with Crippen LogP contribution in [0.4, 0.5) is 32.0 Å². The van der Waals surface area contributed by atoms with E-state index in [-0.39, 0.29) is 5.69 Å². The first-order valence-electron chi connectivity index (χ1n) is 10.6. The van der Waals surface area contributed by atoms with E-state index in [1.807, 2.05) is 0 Å². The van der Waals surface area contributed by atoms with Crippen LogP contribution in [0.2, 0.25) is 0 Å². The Labute approximate surface area is 207 Å². The SMILES string of the molecule is O=C(NS(=O)(=O)c1ccc(N2N=C(C(F)(F)F)CC2c2ccccc2)cc1)c1ccccc1C(F)(F)F. The number of sulfonamides is 1. The number of nitrogens with zero attached hydrogens (tertiary/aromatic N) is 2. The molecule has 0 aromatic heterocycles. The van der Waals surface area contributed by atoms with E-state index in [0.717, 1.165) is 35.3 Å². The van der Waals surface area contributed by atoms with E-state index in [4.69, 9.17) is 0 Å². The van der Waals surface area contributed by atoms with Crippen molar-refractivity contribution >= 4 is 27.3 Å². The topological polar surface area (TPSA) is 78.8 Å². The second-order valence-corrected chi connectivity index (χ2v) is 9.67. The molecule has 0 saturated carbocycles. The van der Waals surface area contributed by atoms with E-state index >= 15 is 0 Å². The fourth-order valence-electron chi connectivity index (χ4n) is 3.80. The first-order valence-corrected chi connectivity index (χ1v) is 12.1. The summed E-state index contributed by atoms with van der Waals surface area (Å²) in [4.78, 5) is 11.9. The van der Waals surface area contributed by atoms with Gasteiger partial charge in [0.05, 0.1) is 27.8 Å². The predicted molar refractivity (Wildman–Crippen MR) is 122 cm³/mol. The maximum Gasteiger partial charge on any atom is 0.431 e. The molecule has 3 aromatic carbocycles. The molecule has 3 aromatic rings. The number of amides is 1. The number of carbonyl (C=O) groups excluding carboxylic acids is 1. The van der Waals surface area contributed by atoms with Crippen LogP contribution in [0.15, 0.2) is 88.9 Å². The van der Waals surface area contributed by atoms with Crippen molar-refractivity contribution in [3.8, 4) is 0 Å². The molecule has 194 valence electrons. The van der Waals surface area contributed by atoms with Crippen LogP contribution in [0.5, 0.6) is 0 Å². The number of alkyl halides is 6. The van der Waals surface area contributed by atoms with Crippen molar-refractivity contribution in [3.05, 3.63) is 95.6 Å². The average Bonchev–Trinajstić information content (AvgIpc) is 3.30. The Morgan fingerprint density at radius 2 is 1.43 bits per heavy atom. The summed E-state index contributed by atoms with van der Waals surface area (Å²) in [5, 5.41) is 4.82. The van der Waals surface area contributed by atoms with E-state index in [2.05, 4.69) is 5.10 Å². The third-order valence-corrected chi connectivity index (χ3v) is 6.88. The molecule has 6 nitrogen and oxygen atoms in total. The van der Waals surface area contributed by atoms with Crippen LogP contribution < -0.4 is 9.73 Å². The van der Waals surface area contributed by atoms with Crippen LogP contribution in [0.1, 0.15) is 33.9 Å². The Morgan fingerprint density at radius 3 is 2.03 bits per heavy atom. The predicted octanol–water partition coefficient (Wildman–Crippen LogP) is 5.69. The Hall–Kier alpha value is -3.87. The van der Waals surface area contributed by atoms with Crippen molar-refractivity contribution < 1.29 is 39.6 Å². The van der Waals surface area contributed by atoms with Crippen molar-refractivity contribution in [2.75, 3.05) is 5.01 Å². The quantitative estimate of drug-likeness (QED) is 0.421. The number of nitrogens with one attached hydrogen (secondary N) is 1. The summed E-state index contributed by atoms with van der Waals surface area (Å²) in [5.41, 5.74) is -2.50. The minimum Gasteiger partial charge on any atom is -0.268 e. The number of rotatable bonds is 5. The van der Waals surface area contributed by atoms with Gasteiger partial charge in [0.2, 0.25) is 0 Å². The molecule has 1 aliphatic heterocycles. The van der Waals surface area contributed by atoms with Crippen LogP contribution >= 0.6 is 0 Å². The summed E-state index contributed by atoms with van der Waals surface area (Å²) in [7, 11) is -4.61. The highest BCUT2D eigenvalue weighted by Crippen LogP contribution is 2.39. The maximum atomic E-state index is 13.4. The average molecular weight is 541 g/mol. The second-order valence-electron chi connectivity index (χ2n) is 7.99. The lowest BCUT2D eigenvalue weighted by Crippen LogP contribution is -2.32. The first-order chi connectivity index (χ1) is 17.3.